The van der Waals surface area contributed by atoms with E-state index in [1.807, 2.05) is 0 Å². The van der Waals surface area contributed by atoms with Crippen molar-refractivity contribution in [2.45, 2.75) is 37.1 Å². The molecule has 1 aliphatic carbocycles. The van der Waals surface area contributed by atoms with Crippen LogP contribution in [0.25, 0.3) is 0 Å². The molecule has 8 heteroatoms. The van der Waals surface area contributed by atoms with Crippen molar-refractivity contribution in [3.63, 3.8) is 0 Å². The number of ketones is 1. The Morgan fingerprint density at radius 2 is 1.97 bits per heavy atom. The van der Waals surface area contributed by atoms with Crippen molar-refractivity contribution in [1.29, 1.82) is 0 Å². The lowest BCUT2D eigenvalue weighted by molar-refractivity contribution is 0.0473. The van der Waals surface area contributed by atoms with Crippen LogP contribution in [0.3, 0.4) is 0 Å². The lowest BCUT2D eigenvalue weighted by atomic mass is 10.1. The minimum Gasteiger partial charge on any atom is -0.493 e. The largest absolute Gasteiger partial charge is 0.493 e. The number of nitrogens with one attached hydrogen (secondary N) is 1. The first-order valence-corrected chi connectivity index (χ1v) is 10.9. The van der Waals surface area contributed by atoms with Crippen molar-refractivity contribution in [3.8, 4) is 5.75 Å². The number of hydrogen-bond donors (Lipinski definition) is 1. The van der Waals surface area contributed by atoms with E-state index >= 15 is 0 Å². The second-order valence-electron chi connectivity index (χ2n) is 7.29. The topological polar surface area (TPSA) is 98.8 Å². The smallest absolute Gasteiger partial charge is 0.338 e. The zero-order valence-corrected chi connectivity index (χ0v) is 16.8. The highest BCUT2D eigenvalue weighted by atomic mass is 32.2. The summed E-state index contributed by atoms with van der Waals surface area (Å²) in [6, 6.07) is 9.40. The Labute approximate surface area is 169 Å². The van der Waals surface area contributed by atoms with E-state index in [0.29, 0.717) is 17.7 Å². The number of rotatable bonds is 7. The third kappa shape index (κ3) is 4.33. The van der Waals surface area contributed by atoms with Gasteiger partial charge in [0.1, 0.15) is 5.75 Å². The summed E-state index contributed by atoms with van der Waals surface area (Å²) in [6.07, 6.45) is 2.37. The van der Waals surface area contributed by atoms with E-state index in [-0.39, 0.29) is 22.3 Å². The predicted molar refractivity (Wildman–Crippen MR) is 105 cm³/mol. The molecular weight excluding hydrogens is 394 g/mol. The fraction of sp³-hybridized carbons (Fsp3) is 0.333. The Kier molecular flexibility index (Phi) is 5.14. The highest BCUT2D eigenvalue weighted by Gasteiger charge is 2.28. The van der Waals surface area contributed by atoms with Gasteiger partial charge in [0.15, 0.2) is 12.4 Å². The van der Waals surface area contributed by atoms with Crippen LogP contribution in [-0.2, 0) is 21.2 Å². The molecule has 1 N–H and O–H groups in total. The van der Waals surface area contributed by atoms with Gasteiger partial charge in [0.2, 0.25) is 10.0 Å². The molecular formula is C21H21NO6S. The Morgan fingerprint density at radius 3 is 2.72 bits per heavy atom. The van der Waals surface area contributed by atoms with Crippen LogP contribution in [0, 0.1) is 6.92 Å². The molecule has 29 heavy (non-hydrogen) atoms. The molecule has 152 valence electrons. The number of sulfonamides is 1. The standard InChI is InChI=1S/C21H21NO6S/c1-13-2-6-17(29(25,26)22-16-4-5-16)11-18(13)21(24)28-12-19(23)14-3-7-20-15(10-14)8-9-27-20/h2-3,6-7,10-11,16,22H,4-5,8-9,12H2,1H3. The molecule has 1 heterocycles. The minimum absolute atomic E-state index is 0.00639. The summed E-state index contributed by atoms with van der Waals surface area (Å²) in [4.78, 5) is 24.9. The van der Waals surface area contributed by atoms with Crippen molar-refractivity contribution in [1.82, 2.24) is 4.72 Å². The maximum atomic E-state index is 12.5. The molecule has 0 saturated heterocycles. The van der Waals surface area contributed by atoms with Crippen LogP contribution < -0.4 is 9.46 Å². The molecule has 0 radical (unpaired) electrons. The first-order valence-electron chi connectivity index (χ1n) is 9.42. The fourth-order valence-corrected chi connectivity index (χ4v) is 4.46. The van der Waals surface area contributed by atoms with Crippen molar-refractivity contribution in [2.75, 3.05) is 13.2 Å². The fourth-order valence-electron chi connectivity index (χ4n) is 3.13. The first-order chi connectivity index (χ1) is 13.8. The summed E-state index contributed by atoms with van der Waals surface area (Å²) >= 11 is 0. The quantitative estimate of drug-likeness (QED) is 0.551. The molecule has 0 unspecified atom stereocenters. The summed E-state index contributed by atoms with van der Waals surface area (Å²) in [6.45, 7) is 1.86. The molecule has 0 aromatic heterocycles. The number of Topliss-reactive ketones (excluding diaryl/α,β-unsaturated/α-hetero) is 1. The highest BCUT2D eigenvalue weighted by molar-refractivity contribution is 7.89. The molecule has 1 saturated carbocycles. The number of carbonyl (C=O) groups is 2. The van der Waals surface area contributed by atoms with Gasteiger partial charge in [-0.3, -0.25) is 4.79 Å². The Bertz CT molecular complexity index is 1090. The normalized spacial score (nSPS) is 15.5. The predicted octanol–water partition coefficient (Wildman–Crippen LogP) is 2.41. The second-order valence-corrected chi connectivity index (χ2v) is 9.01. The van der Waals surface area contributed by atoms with Gasteiger partial charge in [-0.15, -0.1) is 0 Å². The van der Waals surface area contributed by atoms with Crippen LogP contribution in [0.4, 0.5) is 0 Å². The summed E-state index contributed by atoms with van der Waals surface area (Å²) in [7, 11) is -3.69. The maximum Gasteiger partial charge on any atom is 0.338 e. The summed E-state index contributed by atoms with van der Waals surface area (Å²) in [5.74, 6) is -0.291. The van der Waals surface area contributed by atoms with Crippen molar-refractivity contribution in [2.24, 2.45) is 0 Å². The summed E-state index contributed by atoms with van der Waals surface area (Å²) in [5, 5.41) is 0. The number of hydrogen-bond acceptors (Lipinski definition) is 6. The zero-order valence-electron chi connectivity index (χ0n) is 15.9. The van der Waals surface area contributed by atoms with Gasteiger partial charge in [-0.05, 0) is 61.2 Å². The molecule has 4 rings (SSSR count). The van der Waals surface area contributed by atoms with E-state index in [1.54, 1.807) is 31.2 Å². The van der Waals surface area contributed by atoms with Crippen LogP contribution in [0.1, 0.15) is 44.7 Å². The maximum absolute atomic E-state index is 12.5. The zero-order chi connectivity index (χ0) is 20.6. The van der Waals surface area contributed by atoms with Gasteiger partial charge in [-0.1, -0.05) is 6.07 Å². The second kappa shape index (κ2) is 7.61. The average molecular weight is 415 g/mol. The van der Waals surface area contributed by atoms with Crippen LogP contribution in [0.5, 0.6) is 5.75 Å². The summed E-state index contributed by atoms with van der Waals surface area (Å²) < 4.78 is 37.9. The van der Waals surface area contributed by atoms with Gasteiger partial charge >= 0.3 is 5.97 Å². The molecule has 2 aromatic rings. The van der Waals surface area contributed by atoms with Gasteiger partial charge in [-0.2, -0.15) is 0 Å². The highest BCUT2D eigenvalue weighted by Crippen LogP contribution is 2.26. The molecule has 2 aromatic carbocycles. The van der Waals surface area contributed by atoms with E-state index < -0.39 is 22.6 Å². The third-order valence-corrected chi connectivity index (χ3v) is 6.50. The van der Waals surface area contributed by atoms with Crippen LogP contribution in [0.15, 0.2) is 41.3 Å². The van der Waals surface area contributed by atoms with Crippen LogP contribution in [-0.4, -0.2) is 39.4 Å². The van der Waals surface area contributed by atoms with E-state index in [2.05, 4.69) is 4.72 Å². The molecule has 0 spiro atoms. The van der Waals surface area contributed by atoms with E-state index in [1.165, 1.54) is 12.1 Å². The van der Waals surface area contributed by atoms with Gasteiger partial charge in [0, 0.05) is 18.0 Å². The van der Waals surface area contributed by atoms with E-state index in [9.17, 15) is 18.0 Å². The van der Waals surface area contributed by atoms with Crippen molar-refractivity contribution < 1.29 is 27.5 Å². The number of carbonyl (C=O) groups excluding carboxylic acids is 2. The summed E-state index contributed by atoms with van der Waals surface area (Å²) in [5.41, 5.74) is 2.10. The minimum atomic E-state index is -3.69. The molecule has 2 aliphatic rings. The molecule has 0 bridgehead atoms. The lowest BCUT2D eigenvalue weighted by Gasteiger charge is -2.10. The Morgan fingerprint density at radius 1 is 1.17 bits per heavy atom. The number of benzene rings is 2. The number of esters is 1. The van der Waals surface area contributed by atoms with Gasteiger partial charge in [0.05, 0.1) is 17.1 Å². The molecule has 1 aliphatic heterocycles. The average Bonchev–Trinajstić information content (AvgIpc) is 3.37. The number of ether oxygens (including phenoxy) is 2. The van der Waals surface area contributed by atoms with Crippen LogP contribution in [0.2, 0.25) is 0 Å². The van der Waals surface area contributed by atoms with Crippen LogP contribution >= 0.6 is 0 Å². The SMILES string of the molecule is Cc1ccc(S(=O)(=O)NC2CC2)cc1C(=O)OCC(=O)c1ccc2c(c1)CCO2. The van der Waals surface area contributed by atoms with Gasteiger partial charge in [-0.25, -0.2) is 17.9 Å². The van der Waals surface area contributed by atoms with Crippen molar-refractivity contribution in [3.05, 3.63) is 58.7 Å². The van der Waals surface area contributed by atoms with Gasteiger partial charge < -0.3 is 9.47 Å². The molecule has 0 atom stereocenters. The van der Waals surface area contributed by atoms with Crippen molar-refractivity contribution >= 4 is 21.8 Å². The third-order valence-electron chi connectivity index (χ3n) is 4.98. The lowest BCUT2D eigenvalue weighted by Crippen LogP contribution is -2.26. The first kappa shape index (κ1) is 19.6. The Balaban J connectivity index is 1.45. The van der Waals surface area contributed by atoms with Gasteiger partial charge in [0.25, 0.3) is 0 Å². The molecule has 7 nitrogen and oxygen atoms in total. The molecule has 0 amide bonds. The van der Waals surface area contributed by atoms with E-state index in [0.717, 1.165) is 30.6 Å². The molecule has 1 fully saturated rings. The number of aryl methyl sites for hydroxylation is 1. The Hall–Kier alpha value is -2.71. The number of fused-ring (bicyclic) bond motifs is 1. The van der Waals surface area contributed by atoms with E-state index in [4.69, 9.17) is 9.47 Å². The monoisotopic (exact) mass is 415 g/mol.